The Labute approximate surface area is 166 Å². The molecule has 4 aromatic rings. The summed E-state index contributed by atoms with van der Waals surface area (Å²) in [6.45, 7) is -0.410. The van der Waals surface area contributed by atoms with Crippen LogP contribution in [0.2, 0.25) is 0 Å². The van der Waals surface area contributed by atoms with Crippen LogP contribution in [-0.2, 0) is 20.7 Å². The fourth-order valence-corrected chi connectivity index (χ4v) is 3.90. The topological polar surface area (TPSA) is 85.6 Å². The van der Waals surface area contributed by atoms with Crippen LogP contribution in [0.3, 0.4) is 0 Å². The molecule has 7 nitrogen and oxygen atoms in total. The van der Waals surface area contributed by atoms with E-state index in [1.807, 2.05) is 16.0 Å². The van der Waals surface area contributed by atoms with Crippen LogP contribution in [0.4, 0.5) is 9.52 Å². The van der Waals surface area contributed by atoms with E-state index in [0.717, 1.165) is 10.5 Å². The molecule has 3 heterocycles. The number of esters is 1. The highest BCUT2D eigenvalue weighted by Crippen LogP contribution is 2.25. The zero-order valence-electron chi connectivity index (χ0n) is 14.3. The molecule has 4 rings (SSSR count). The van der Waals surface area contributed by atoms with E-state index in [1.54, 1.807) is 23.7 Å². The van der Waals surface area contributed by atoms with Crippen LogP contribution in [0.25, 0.3) is 16.2 Å². The quantitative estimate of drug-likeness (QED) is 0.487. The van der Waals surface area contributed by atoms with Gasteiger partial charge in [0, 0.05) is 28.7 Å². The molecule has 28 heavy (non-hydrogen) atoms. The fraction of sp³-hybridized carbons (Fsp3) is 0.111. The predicted octanol–water partition coefficient (Wildman–Crippen LogP) is 3.38. The van der Waals surface area contributed by atoms with Crippen molar-refractivity contribution in [2.75, 3.05) is 11.9 Å². The molecule has 0 bridgehead atoms. The van der Waals surface area contributed by atoms with Crippen molar-refractivity contribution in [3.05, 3.63) is 58.9 Å². The maximum absolute atomic E-state index is 13.0. The number of imidazole rings is 1. The molecule has 0 fully saturated rings. The van der Waals surface area contributed by atoms with Gasteiger partial charge in [0.2, 0.25) is 0 Å². The molecule has 142 valence electrons. The number of benzene rings is 1. The van der Waals surface area contributed by atoms with Gasteiger partial charge in [0.1, 0.15) is 5.82 Å². The lowest BCUT2D eigenvalue weighted by molar-refractivity contribution is -0.146. The summed E-state index contributed by atoms with van der Waals surface area (Å²) < 4.78 is 19.8. The zero-order valence-corrected chi connectivity index (χ0v) is 15.9. The smallest absolute Gasteiger partial charge is 0.312 e. The van der Waals surface area contributed by atoms with Crippen LogP contribution in [0.1, 0.15) is 5.69 Å². The van der Waals surface area contributed by atoms with Gasteiger partial charge in [0.05, 0.1) is 17.8 Å². The number of nitrogens with zero attached hydrogens (tertiary/aromatic N) is 3. The summed E-state index contributed by atoms with van der Waals surface area (Å²) in [7, 11) is 0. The van der Waals surface area contributed by atoms with Gasteiger partial charge < -0.3 is 4.74 Å². The van der Waals surface area contributed by atoms with E-state index < -0.39 is 18.5 Å². The van der Waals surface area contributed by atoms with Crippen LogP contribution in [-0.4, -0.2) is 32.9 Å². The van der Waals surface area contributed by atoms with Crippen molar-refractivity contribution in [2.24, 2.45) is 0 Å². The third kappa shape index (κ3) is 4.24. The van der Waals surface area contributed by atoms with Crippen molar-refractivity contribution in [3.8, 4) is 11.3 Å². The van der Waals surface area contributed by atoms with Gasteiger partial charge in [0.15, 0.2) is 16.7 Å². The molecule has 0 aliphatic carbocycles. The summed E-state index contributed by atoms with van der Waals surface area (Å²) in [4.78, 5) is 33.2. The first-order chi connectivity index (χ1) is 13.6. The first kappa shape index (κ1) is 18.3. The second kappa shape index (κ2) is 7.87. The van der Waals surface area contributed by atoms with Crippen molar-refractivity contribution in [1.29, 1.82) is 0 Å². The van der Waals surface area contributed by atoms with E-state index in [1.165, 1.54) is 34.8 Å². The molecular formula is C18H13FN4O3S2. The lowest BCUT2D eigenvalue weighted by Gasteiger charge is -2.03. The van der Waals surface area contributed by atoms with Gasteiger partial charge in [-0.2, -0.15) is 0 Å². The normalized spacial score (nSPS) is 10.9. The third-order valence-corrected chi connectivity index (χ3v) is 5.25. The highest BCUT2D eigenvalue weighted by Gasteiger charge is 2.13. The Morgan fingerprint density at radius 1 is 1.18 bits per heavy atom. The largest absolute Gasteiger partial charge is 0.455 e. The van der Waals surface area contributed by atoms with Gasteiger partial charge in [-0.25, -0.2) is 14.4 Å². The summed E-state index contributed by atoms with van der Waals surface area (Å²) >= 11 is 2.70. The highest BCUT2D eigenvalue weighted by molar-refractivity contribution is 7.15. The average molecular weight is 416 g/mol. The summed E-state index contributed by atoms with van der Waals surface area (Å²) in [5.74, 6) is -1.35. The van der Waals surface area contributed by atoms with E-state index in [9.17, 15) is 14.0 Å². The van der Waals surface area contributed by atoms with Crippen LogP contribution in [0.15, 0.2) is 47.4 Å². The number of nitrogens with one attached hydrogen (secondary N) is 1. The van der Waals surface area contributed by atoms with E-state index in [4.69, 9.17) is 4.74 Å². The Hall–Kier alpha value is -3.11. The van der Waals surface area contributed by atoms with Crippen molar-refractivity contribution in [2.45, 2.75) is 6.42 Å². The molecule has 1 amide bonds. The van der Waals surface area contributed by atoms with Gasteiger partial charge in [-0.3, -0.25) is 19.3 Å². The summed E-state index contributed by atoms with van der Waals surface area (Å²) in [5, 5.41) is 6.60. The minimum atomic E-state index is -0.535. The van der Waals surface area contributed by atoms with Crippen molar-refractivity contribution >= 4 is 44.6 Å². The molecule has 10 heteroatoms. The number of aromatic nitrogens is 3. The average Bonchev–Trinajstić information content (AvgIpc) is 3.37. The van der Waals surface area contributed by atoms with Crippen LogP contribution < -0.4 is 5.32 Å². The molecule has 0 atom stereocenters. The number of rotatable bonds is 6. The molecule has 0 aliphatic heterocycles. The Morgan fingerprint density at radius 3 is 2.79 bits per heavy atom. The molecule has 0 saturated carbocycles. The lowest BCUT2D eigenvalue weighted by atomic mass is 10.2. The number of carbonyl (C=O) groups excluding carboxylic acids is 2. The Kier molecular flexibility index (Phi) is 5.13. The van der Waals surface area contributed by atoms with E-state index in [2.05, 4.69) is 15.3 Å². The summed E-state index contributed by atoms with van der Waals surface area (Å²) in [6, 6.07) is 5.90. The third-order valence-electron chi connectivity index (χ3n) is 3.72. The number of thiazole rings is 2. The van der Waals surface area contributed by atoms with Crippen LogP contribution in [0, 0.1) is 5.82 Å². The first-order valence-corrected chi connectivity index (χ1v) is 9.91. The number of ether oxygens (including phenoxy) is 1. The first-order valence-electron chi connectivity index (χ1n) is 8.15. The Balaban J connectivity index is 1.27. The molecule has 0 aliphatic rings. The van der Waals surface area contributed by atoms with Crippen LogP contribution >= 0.6 is 22.7 Å². The van der Waals surface area contributed by atoms with Crippen molar-refractivity contribution in [3.63, 3.8) is 0 Å². The summed E-state index contributed by atoms with van der Waals surface area (Å²) in [5.41, 5.74) is 1.95. The summed E-state index contributed by atoms with van der Waals surface area (Å²) in [6.07, 6.45) is 3.59. The molecule has 0 spiro atoms. The minimum absolute atomic E-state index is 0.00630. The Bertz CT molecular complexity index is 1100. The van der Waals surface area contributed by atoms with E-state index in [-0.39, 0.29) is 12.2 Å². The molecule has 0 unspecified atom stereocenters. The number of carbonyl (C=O) groups is 2. The molecule has 0 saturated heterocycles. The van der Waals surface area contributed by atoms with Crippen LogP contribution in [0.5, 0.6) is 0 Å². The van der Waals surface area contributed by atoms with Gasteiger partial charge >= 0.3 is 5.97 Å². The zero-order chi connectivity index (χ0) is 19.5. The second-order valence-electron chi connectivity index (χ2n) is 5.76. The van der Waals surface area contributed by atoms with Crippen molar-refractivity contribution < 1.29 is 18.7 Å². The standard InChI is InChI=1S/C18H13FN4O3S2/c19-12-3-1-11(2-4-12)14-10-28-17(21-14)22-15(24)9-26-16(25)7-13-8-23-5-6-27-18(23)20-13/h1-6,8,10H,7,9H2,(H,21,22,24). The van der Waals surface area contributed by atoms with Crippen molar-refractivity contribution in [1.82, 2.24) is 14.4 Å². The maximum Gasteiger partial charge on any atom is 0.312 e. The highest BCUT2D eigenvalue weighted by atomic mass is 32.1. The molecule has 1 aromatic carbocycles. The number of hydrogen-bond acceptors (Lipinski definition) is 7. The molecule has 1 N–H and O–H groups in total. The van der Waals surface area contributed by atoms with Gasteiger partial charge in [-0.15, -0.1) is 22.7 Å². The number of fused-ring (bicyclic) bond motifs is 1. The predicted molar refractivity (Wildman–Crippen MR) is 104 cm³/mol. The lowest BCUT2D eigenvalue weighted by Crippen LogP contribution is -2.21. The monoisotopic (exact) mass is 416 g/mol. The fourth-order valence-electron chi connectivity index (χ4n) is 2.45. The number of anilines is 1. The molecule has 0 radical (unpaired) electrons. The maximum atomic E-state index is 13.0. The number of hydrogen-bond donors (Lipinski definition) is 1. The minimum Gasteiger partial charge on any atom is -0.455 e. The van der Waals surface area contributed by atoms with E-state index in [0.29, 0.717) is 16.5 Å². The second-order valence-corrected chi connectivity index (χ2v) is 7.49. The molecule has 3 aromatic heterocycles. The Morgan fingerprint density at radius 2 is 2.00 bits per heavy atom. The SMILES string of the molecule is O=C(COC(=O)Cc1cn2ccsc2n1)Nc1nc(-c2ccc(F)cc2)cs1. The number of amides is 1. The van der Waals surface area contributed by atoms with Gasteiger partial charge in [-0.05, 0) is 24.3 Å². The number of halogens is 1. The van der Waals surface area contributed by atoms with Gasteiger partial charge in [-0.1, -0.05) is 0 Å². The molecular weight excluding hydrogens is 403 g/mol. The van der Waals surface area contributed by atoms with E-state index >= 15 is 0 Å². The van der Waals surface area contributed by atoms with Gasteiger partial charge in [0.25, 0.3) is 5.91 Å².